The molecule has 0 aliphatic carbocycles. The van der Waals surface area contributed by atoms with Crippen molar-refractivity contribution in [1.82, 2.24) is 4.98 Å². The number of nitrogens with one attached hydrogen (secondary N) is 1. The van der Waals surface area contributed by atoms with Crippen LogP contribution in [-0.2, 0) is 0 Å². The fourth-order valence-electron chi connectivity index (χ4n) is 1.67. The summed E-state index contributed by atoms with van der Waals surface area (Å²) in [5.74, 6) is 0.939. The predicted octanol–water partition coefficient (Wildman–Crippen LogP) is 3.11. The van der Waals surface area contributed by atoms with Crippen molar-refractivity contribution < 1.29 is 14.3 Å². The van der Waals surface area contributed by atoms with Gasteiger partial charge in [0.1, 0.15) is 0 Å². The van der Waals surface area contributed by atoms with Crippen LogP contribution >= 0.6 is 11.3 Å². The lowest BCUT2D eigenvalue weighted by Gasteiger charge is -2.10. The van der Waals surface area contributed by atoms with E-state index < -0.39 is 0 Å². The SMILES string of the molecule is CCOc1cc(C(=O)Nc2ncc(C)s2)ccc1OC. The van der Waals surface area contributed by atoms with E-state index in [0.29, 0.717) is 28.8 Å². The number of ether oxygens (including phenoxy) is 2. The highest BCUT2D eigenvalue weighted by atomic mass is 32.1. The Kier molecular flexibility index (Phi) is 4.57. The van der Waals surface area contributed by atoms with Crippen molar-refractivity contribution in [2.24, 2.45) is 0 Å². The fraction of sp³-hybridized carbons (Fsp3) is 0.286. The van der Waals surface area contributed by atoms with E-state index in [0.717, 1.165) is 4.88 Å². The topological polar surface area (TPSA) is 60.5 Å². The first-order chi connectivity index (χ1) is 9.63. The molecule has 0 bridgehead atoms. The van der Waals surface area contributed by atoms with E-state index in [9.17, 15) is 4.79 Å². The Bertz CT molecular complexity index is 610. The zero-order valence-corrected chi connectivity index (χ0v) is 12.4. The lowest BCUT2D eigenvalue weighted by molar-refractivity contribution is 0.102. The van der Waals surface area contributed by atoms with Gasteiger partial charge in [-0.15, -0.1) is 11.3 Å². The number of amides is 1. The molecule has 106 valence electrons. The number of nitrogens with zero attached hydrogens (tertiary/aromatic N) is 1. The van der Waals surface area contributed by atoms with E-state index >= 15 is 0 Å². The van der Waals surface area contributed by atoms with Crippen LogP contribution < -0.4 is 14.8 Å². The Morgan fingerprint density at radius 1 is 1.40 bits per heavy atom. The Morgan fingerprint density at radius 3 is 2.80 bits per heavy atom. The van der Waals surface area contributed by atoms with E-state index in [2.05, 4.69) is 10.3 Å². The zero-order chi connectivity index (χ0) is 14.5. The maximum absolute atomic E-state index is 12.1. The highest BCUT2D eigenvalue weighted by Gasteiger charge is 2.12. The van der Waals surface area contributed by atoms with Gasteiger partial charge in [0.25, 0.3) is 5.91 Å². The largest absolute Gasteiger partial charge is 0.493 e. The van der Waals surface area contributed by atoms with Gasteiger partial charge >= 0.3 is 0 Å². The maximum Gasteiger partial charge on any atom is 0.257 e. The standard InChI is InChI=1S/C14H16N2O3S/c1-4-19-12-7-10(5-6-11(12)18-3)13(17)16-14-15-8-9(2)20-14/h5-8H,4H2,1-3H3,(H,15,16,17). The first kappa shape index (κ1) is 14.3. The molecule has 0 saturated carbocycles. The van der Waals surface area contributed by atoms with Crippen LogP contribution in [0.5, 0.6) is 11.5 Å². The number of methoxy groups -OCH3 is 1. The number of aryl methyl sites for hydroxylation is 1. The molecule has 0 atom stereocenters. The number of benzene rings is 1. The third-order valence-corrected chi connectivity index (χ3v) is 3.40. The van der Waals surface area contributed by atoms with E-state index in [1.54, 1.807) is 31.5 Å². The first-order valence-electron chi connectivity index (χ1n) is 6.18. The Balaban J connectivity index is 2.19. The second-order valence-electron chi connectivity index (χ2n) is 4.03. The van der Waals surface area contributed by atoms with Crippen molar-refractivity contribution in [2.45, 2.75) is 13.8 Å². The smallest absolute Gasteiger partial charge is 0.257 e. The summed E-state index contributed by atoms with van der Waals surface area (Å²) < 4.78 is 10.6. The number of anilines is 1. The molecule has 1 aromatic heterocycles. The van der Waals surface area contributed by atoms with Crippen LogP contribution in [0.1, 0.15) is 22.2 Å². The normalized spacial score (nSPS) is 10.2. The molecule has 1 amide bonds. The van der Waals surface area contributed by atoms with Gasteiger partial charge in [-0.3, -0.25) is 10.1 Å². The van der Waals surface area contributed by atoms with E-state index in [4.69, 9.17) is 9.47 Å². The number of rotatable bonds is 5. The molecule has 6 heteroatoms. The summed E-state index contributed by atoms with van der Waals surface area (Å²) in [6, 6.07) is 5.07. The number of thiazole rings is 1. The van der Waals surface area contributed by atoms with Gasteiger partial charge in [-0.05, 0) is 32.0 Å². The van der Waals surface area contributed by atoms with Crippen LogP contribution in [0.15, 0.2) is 24.4 Å². The number of hydrogen-bond acceptors (Lipinski definition) is 5. The molecule has 0 aliphatic heterocycles. The van der Waals surface area contributed by atoms with E-state index in [1.807, 2.05) is 13.8 Å². The number of carbonyl (C=O) groups excluding carboxylic acids is 1. The molecule has 5 nitrogen and oxygen atoms in total. The average Bonchev–Trinajstić information content (AvgIpc) is 2.84. The minimum atomic E-state index is -0.219. The second kappa shape index (κ2) is 6.38. The molecule has 2 aromatic rings. The lowest BCUT2D eigenvalue weighted by atomic mass is 10.2. The zero-order valence-electron chi connectivity index (χ0n) is 11.6. The average molecular weight is 292 g/mol. The van der Waals surface area contributed by atoms with Crippen LogP contribution in [0.25, 0.3) is 0 Å². The second-order valence-corrected chi connectivity index (χ2v) is 5.26. The van der Waals surface area contributed by atoms with Gasteiger partial charge in [0.2, 0.25) is 0 Å². The van der Waals surface area contributed by atoms with Crippen LogP contribution in [-0.4, -0.2) is 24.6 Å². The van der Waals surface area contributed by atoms with Crippen LogP contribution in [0.3, 0.4) is 0 Å². The molecule has 1 heterocycles. The molecule has 0 aliphatic rings. The van der Waals surface area contributed by atoms with Crippen molar-refractivity contribution in [2.75, 3.05) is 19.0 Å². The van der Waals surface area contributed by atoms with Crippen LogP contribution in [0.2, 0.25) is 0 Å². The molecule has 1 N–H and O–H groups in total. The lowest BCUT2D eigenvalue weighted by Crippen LogP contribution is -2.12. The van der Waals surface area contributed by atoms with Gasteiger partial charge in [-0.1, -0.05) is 0 Å². The van der Waals surface area contributed by atoms with Gasteiger partial charge in [-0.2, -0.15) is 0 Å². The van der Waals surface area contributed by atoms with E-state index in [-0.39, 0.29) is 5.91 Å². The van der Waals surface area contributed by atoms with Gasteiger partial charge in [0.05, 0.1) is 13.7 Å². The molecule has 1 aromatic carbocycles. The van der Waals surface area contributed by atoms with Crippen molar-refractivity contribution in [3.05, 3.63) is 34.8 Å². The van der Waals surface area contributed by atoms with Crippen molar-refractivity contribution in [1.29, 1.82) is 0 Å². The van der Waals surface area contributed by atoms with Gasteiger partial charge in [0, 0.05) is 16.6 Å². The number of hydrogen-bond donors (Lipinski definition) is 1. The Morgan fingerprint density at radius 2 is 2.20 bits per heavy atom. The molecular formula is C14H16N2O3S. The molecule has 0 unspecified atom stereocenters. The summed E-state index contributed by atoms with van der Waals surface area (Å²) in [6.45, 7) is 4.32. The van der Waals surface area contributed by atoms with E-state index in [1.165, 1.54) is 11.3 Å². The fourth-order valence-corrected chi connectivity index (χ4v) is 2.33. The molecule has 2 rings (SSSR count). The minimum Gasteiger partial charge on any atom is -0.493 e. The van der Waals surface area contributed by atoms with Crippen LogP contribution in [0.4, 0.5) is 5.13 Å². The Hall–Kier alpha value is -2.08. The summed E-state index contributed by atoms with van der Waals surface area (Å²) in [4.78, 5) is 17.3. The van der Waals surface area contributed by atoms with Gasteiger partial charge in [-0.25, -0.2) is 4.98 Å². The minimum absolute atomic E-state index is 0.219. The quantitative estimate of drug-likeness (QED) is 0.920. The van der Waals surface area contributed by atoms with Crippen LogP contribution in [0, 0.1) is 6.92 Å². The molecule has 20 heavy (non-hydrogen) atoms. The summed E-state index contributed by atoms with van der Waals surface area (Å²) in [5, 5.41) is 3.34. The third-order valence-electron chi connectivity index (χ3n) is 2.57. The number of carbonyl (C=O) groups is 1. The summed E-state index contributed by atoms with van der Waals surface area (Å²) in [7, 11) is 1.57. The summed E-state index contributed by atoms with van der Waals surface area (Å²) in [5.41, 5.74) is 0.502. The van der Waals surface area contributed by atoms with Crippen molar-refractivity contribution in [3.8, 4) is 11.5 Å². The maximum atomic E-state index is 12.1. The Labute approximate surface area is 121 Å². The molecule has 0 radical (unpaired) electrons. The monoisotopic (exact) mass is 292 g/mol. The number of aromatic nitrogens is 1. The summed E-state index contributed by atoms with van der Waals surface area (Å²) >= 11 is 1.43. The molecule has 0 fully saturated rings. The van der Waals surface area contributed by atoms with Crippen molar-refractivity contribution >= 4 is 22.4 Å². The highest BCUT2D eigenvalue weighted by molar-refractivity contribution is 7.15. The third kappa shape index (κ3) is 3.27. The predicted molar refractivity (Wildman–Crippen MR) is 79.0 cm³/mol. The summed E-state index contributed by atoms with van der Waals surface area (Å²) in [6.07, 6.45) is 1.72. The first-order valence-corrected chi connectivity index (χ1v) is 7.00. The molecule has 0 saturated heterocycles. The highest BCUT2D eigenvalue weighted by Crippen LogP contribution is 2.28. The molecular weight excluding hydrogens is 276 g/mol. The van der Waals surface area contributed by atoms with Gasteiger partial charge in [0.15, 0.2) is 16.6 Å². The van der Waals surface area contributed by atoms with Gasteiger partial charge < -0.3 is 9.47 Å². The van der Waals surface area contributed by atoms with Crippen molar-refractivity contribution in [3.63, 3.8) is 0 Å². The molecule has 0 spiro atoms.